The average Bonchev–Trinajstić information content (AvgIpc) is 2.55. The van der Waals surface area contributed by atoms with Crippen LogP contribution in [0.5, 0.6) is 0 Å². The van der Waals surface area contributed by atoms with Gasteiger partial charge in [0.1, 0.15) is 6.04 Å². The highest BCUT2D eigenvalue weighted by Crippen LogP contribution is 2.38. The third-order valence-electron chi connectivity index (χ3n) is 5.33. The van der Waals surface area contributed by atoms with Crippen LogP contribution in [0.25, 0.3) is 0 Å². The number of nitrogens with two attached hydrogens (primary N) is 1. The van der Waals surface area contributed by atoms with E-state index in [-0.39, 0.29) is 17.4 Å². The van der Waals surface area contributed by atoms with Crippen molar-refractivity contribution in [3.05, 3.63) is 59.7 Å². The van der Waals surface area contributed by atoms with E-state index in [0.717, 1.165) is 37.6 Å². The number of aryl methyl sites for hydroxylation is 1. The van der Waals surface area contributed by atoms with Crippen molar-refractivity contribution in [2.45, 2.75) is 19.4 Å². The number of carbonyl (C=O) groups is 1. The molecule has 0 radical (unpaired) electrons. The molecule has 0 bridgehead atoms. The molecular weight excluding hydrogens is 326 g/mol. The van der Waals surface area contributed by atoms with E-state index in [1.54, 1.807) is 0 Å². The summed E-state index contributed by atoms with van der Waals surface area (Å²) >= 11 is 0. The summed E-state index contributed by atoms with van der Waals surface area (Å²) in [7, 11) is 0. The Hall–Kier alpha value is -2.53. The van der Waals surface area contributed by atoms with Gasteiger partial charge in [-0.3, -0.25) is 4.79 Å². The minimum absolute atomic E-state index is 0.131. The smallest absolute Gasteiger partial charge is 0.245 e. The van der Waals surface area contributed by atoms with E-state index in [1.807, 2.05) is 29.2 Å². The molecule has 2 heterocycles. The van der Waals surface area contributed by atoms with E-state index in [1.165, 1.54) is 5.56 Å². The molecule has 0 aliphatic carbocycles. The van der Waals surface area contributed by atoms with Crippen molar-refractivity contribution in [3.63, 3.8) is 0 Å². The number of likely N-dealkylation sites (tertiary alicyclic amines) is 1. The molecule has 0 unspecified atom stereocenters. The van der Waals surface area contributed by atoms with Gasteiger partial charge in [0.25, 0.3) is 0 Å². The fourth-order valence-corrected chi connectivity index (χ4v) is 3.69. The lowest BCUT2D eigenvalue weighted by molar-refractivity contribution is -0.195. The van der Waals surface area contributed by atoms with E-state index in [4.69, 9.17) is 10.5 Å². The SMILES string of the molecule is Cc1ccc(C[C@H](Nc2ccccc2N)C(=O)N2CC3(COC3)C2)cc1. The van der Waals surface area contributed by atoms with E-state index in [2.05, 4.69) is 36.5 Å². The van der Waals surface area contributed by atoms with Gasteiger partial charge in [-0.05, 0) is 24.6 Å². The zero-order chi connectivity index (χ0) is 18.1. The second-order valence-electron chi connectivity index (χ2n) is 7.66. The molecule has 2 aromatic rings. The lowest BCUT2D eigenvalue weighted by Crippen LogP contribution is -2.68. The first-order valence-electron chi connectivity index (χ1n) is 9.08. The van der Waals surface area contributed by atoms with Gasteiger partial charge >= 0.3 is 0 Å². The Bertz CT molecular complexity index is 791. The first-order valence-corrected chi connectivity index (χ1v) is 9.08. The molecule has 2 fully saturated rings. The van der Waals surface area contributed by atoms with Gasteiger partial charge in [-0.1, -0.05) is 42.0 Å². The highest BCUT2D eigenvalue weighted by Gasteiger charge is 2.51. The van der Waals surface area contributed by atoms with Crippen LogP contribution in [0.1, 0.15) is 11.1 Å². The molecule has 5 nitrogen and oxygen atoms in total. The normalized spacial score (nSPS) is 18.7. The summed E-state index contributed by atoms with van der Waals surface area (Å²) < 4.78 is 5.32. The predicted octanol–water partition coefficient (Wildman–Crippen LogP) is 2.46. The van der Waals surface area contributed by atoms with Crippen molar-refractivity contribution in [3.8, 4) is 0 Å². The molecular formula is C21H25N3O2. The minimum Gasteiger partial charge on any atom is -0.397 e. The summed E-state index contributed by atoms with van der Waals surface area (Å²) in [4.78, 5) is 15.1. The monoisotopic (exact) mass is 351 g/mol. The average molecular weight is 351 g/mol. The number of benzene rings is 2. The first kappa shape index (κ1) is 16.9. The van der Waals surface area contributed by atoms with E-state index < -0.39 is 0 Å². The highest BCUT2D eigenvalue weighted by molar-refractivity contribution is 5.87. The Morgan fingerprint density at radius 3 is 2.50 bits per heavy atom. The molecule has 0 aromatic heterocycles. The molecule has 2 aromatic carbocycles. The molecule has 26 heavy (non-hydrogen) atoms. The Kier molecular flexibility index (Phi) is 4.32. The number of ether oxygens (including phenoxy) is 1. The van der Waals surface area contributed by atoms with E-state index in [9.17, 15) is 4.79 Å². The molecule has 1 spiro atoms. The Morgan fingerprint density at radius 2 is 1.88 bits per heavy atom. The molecule has 2 aliphatic heterocycles. The van der Waals surface area contributed by atoms with E-state index >= 15 is 0 Å². The molecule has 5 heteroatoms. The van der Waals surface area contributed by atoms with Crippen molar-refractivity contribution < 1.29 is 9.53 Å². The zero-order valence-corrected chi connectivity index (χ0v) is 15.1. The molecule has 3 N–H and O–H groups in total. The number of nitrogen functional groups attached to an aromatic ring is 1. The minimum atomic E-state index is -0.333. The quantitative estimate of drug-likeness (QED) is 0.812. The van der Waals surface area contributed by atoms with Crippen LogP contribution in [0.4, 0.5) is 11.4 Å². The number of hydrogen-bond acceptors (Lipinski definition) is 4. The number of para-hydroxylation sites is 2. The number of hydrogen-bond donors (Lipinski definition) is 2. The van der Waals surface area contributed by atoms with Gasteiger partial charge in [0, 0.05) is 19.5 Å². The summed E-state index contributed by atoms with van der Waals surface area (Å²) in [6.45, 7) is 5.21. The third-order valence-corrected chi connectivity index (χ3v) is 5.33. The van der Waals surface area contributed by atoms with Crippen LogP contribution >= 0.6 is 0 Å². The summed E-state index contributed by atoms with van der Waals surface area (Å²) in [5.74, 6) is 0.131. The van der Waals surface area contributed by atoms with Crippen molar-refractivity contribution in [2.75, 3.05) is 37.4 Å². The second-order valence-corrected chi connectivity index (χ2v) is 7.66. The van der Waals surface area contributed by atoms with Gasteiger partial charge in [-0.25, -0.2) is 0 Å². The van der Waals surface area contributed by atoms with Crippen molar-refractivity contribution >= 4 is 17.3 Å². The number of anilines is 2. The zero-order valence-electron chi connectivity index (χ0n) is 15.1. The molecule has 136 valence electrons. The predicted molar refractivity (Wildman–Crippen MR) is 103 cm³/mol. The molecule has 1 amide bonds. The Morgan fingerprint density at radius 1 is 1.19 bits per heavy atom. The Balaban J connectivity index is 1.51. The number of nitrogens with zero attached hydrogens (tertiary/aromatic N) is 1. The molecule has 0 saturated carbocycles. The van der Waals surface area contributed by atoms with Crippen LogP contribution in [0, 0.1) is 12.3 Å². The molecule has 4 rings (SSSR count). The maximum absolute atomic E-state index is 13.1. The number of amides is 1. The van der Waals surface area contributed by atoms with Crippen LogP contribution in [-0.2, 0) is 16.0 Å². The fourth-order valence-electron chi connectivity index (χ4n) is 3.69. The summed E-state index contributed by atoms with van der Waals surface area (Å²) in [5.41, 5.74) is 10.1. The summed E-state index contributed by atoms with van der Waals surface area (Å²) in [5, 5.41) is 3.38. The maximum atomic E-state index is 13.1. The van der Waals surface area contributed by atoms with Crippen molar-refractivity contribution in [1.29, 1.82) is 0 Å². The van der Waals surface area contributed by atoms with Gasteiger partial charge in [0.15, 0.2) is 0 Å². The summed E-state index contributed by atoms with van der Waals surface area (Å²) in [6.07, 6.45) is 0.632. The molecule has 2 aliphatic rings. The van der Waals surface area contributed by atoms with Crippen LogP contribution < -0.4 is 11.1 Å². The van der Waals surface area contributed by atoms with E-state index in [0.29, 0.717) is 12.1 Å². The topological polar surface area (TPSA) is 67.6 Å². The second kappa shape index (κ2) is 6.65. The number of nitrogens with one attached hydrogen (secondary N) is 1. The van der Waals surface area contributed by atoms with Crippen LogP contribution in [0.2, 0.25) is 0 Å². The lowest BCUT2D eigenvalue weighted by atomic mass is 9.77. The van der Waals surface area contributed by atoms with Gasteiger partial charge in [-0.2, -0.15) is 0 Å². The third kappa shape index (κ3) is 3.27. The largest absolute Gasteiger partial charge is 0.397 e. The van der Waals surface area contributed by atoms with Crippen LogP contribution in [-0.4, -0.2) is 43.2 Å². The Labute approximate surface area is 154 Å². The van der Waals surface area contributed by atoms with Crippen molar-refractivity contribution in [2.24, 2.45) is 5.41 Å². The molecule has 1 atom stereocenters. The summed E-state index contributed by atoms with van der Waals surface area (Å²) in [6, 6.07) is 15.6. The number of carbonyl (C=O) groups excluding carboxylic acids is 1. The van der Waals surface area contributed by atoms with Gasteiger partial charge in [0.2, 0.25) is 5.91 Å². The van der Waals surface area contributed by atoms with Crippen LogP contribution in [0.3, 0.4) is 0 Å². The lowest BCUT2D eigenvalue weighted by Gasteiger charge is -2.55. The van der Waals surface area contributed by atoms with Crippen LogP contribution in [0.15, 0.2) is 48.5 Å². The first-order chi connectivity index (χ1) is 12.5. The van der Waals surface area contributed by atoms with Gasteiger partial charge in [0.05, 0.1) is 30.0 Å². The van der Waals surface area contributed by atoms with Crippen molar-refractivity contribution in [1.82, 2.24) is 4.90 Å². The fraction of sp³-hybridized carbons (Fsp3) is 0.381. The maximum Gasteiger partial charge on any atom is 0.245 e. The highest BCUT2D eigenvalue weighted by atomic mass is 16.5. The number of rotatable bonds is 5. The van der Waals surface area contributed by atoms with Gasteiger partial charge in [-0.15, -0.1) is 0 Å². The molecule has 2 saturated heterocycles. The standard InChI is InChI=1S/C21H25N3O2/c1-15-6-8-16(9-7-15)10-19(23-18-5-3-2-4-17(18)22)20(25)24-11-21(12-24)13-26-14-21/h2-9,19,23H,10-14,22H2,1H3/t19-/m0/s1. The van der Waals surface area contributed by atoms with Gasteiger partial charge < -0.3 is 20.7 Å².